The number of ketones is 1. The van der Waals surface area contributed by atoms with E-state index in [1.165, 1.54) is 0 Å². The lowest BCUT2D eigenvalue weighted by Crippen LogP contribution is -2.41. The largest absolute Gasteiger partial charge is 0.371 e. The molecule has 0 radical (unpaired) electrons. The average molecular weight is 458 g/mol. The number of aryl methyl sites for hydroxylation is 2. The van der Waals surface area contributed by atoms with Gasteiger partial charge in [0, 0.05) is 40.6 Å². The maximum Gasteiger partial charge on any atom is 0.180 e. The number of ether oxygens (including phenoxy) is 1. The smallest absolute Gasteiger partial charge is 0.180 e. The van der Waals surface area contributed by atoms with Crippen LogP contribution in [0.2, 0.25) is 0 Å². The lowest BCUT2D eigenvalue weighted by Gasteiger charge is -2.32. The van der Waals surface area contributed by atoms with E-state index in [1.54, 1.807) is 0 Å². The summed E-state index contributed by atoms with van der Waals surface area (Å²) in [5, 5.41) is 4.09. The third-order valence-electron chi connectivity index (χ3n) is 5.31. The van der Waals surface area contributed by atoms with E-state index in [-0.39, 0.29) is 11.9 Å². The Morgan fingerprint density at radius 3 is 2.79 bits per heavy atom. The second-order valence-corrected chi connectivity index (χ2v) is 8.40. The molecular weight excluding hydrogens is 434 g/mol. The molecule has 0 saturated carbocycles. The Balaban J connectivity index is 1.49. The number of carbonyl (C=O) groups is 1. The SMILES string of the molecule is Cc1cc(-n2c(C)cc(C(=O)CN3CCOC(c4cccc(Br)c4)C3)c2C)no1. The standard InChI is InChI=1S/C22H24BrN3O3/c1-14-9-19(16(3)26(14)22-10-15(2)29-24-22)20(27)12-25-7-8-28-21(13-25)17-5-4-6-18(23)11-17/h4-6,9-11,21H,7-8,12-13H2,1-3H3. The lowest BCUT2D eigenvalue weighted by atomic mass is 10.1. The summed E-state index contributed by atoms with van der Waals surface area (Å²) in [6.07, 6.45) is -0.0282. The molecule has 2 aromatic heterocycles. The van der Waals surface area contributed by atoms with Gasteiger partial charge in [0.05, 0.1) is 19.3 Å². The van der Waals surface area contributed by atoms with E-state index in [9.17, 15) is 4.79 Å². The number of morpholine rings is 1. The van der Waals surface area contributed by atoms with E-state index in [1.807, 2.05) is 49.6 Å². The van der Waals surface area contributed by atoms with Crippen molar-refractivity contribution in [2.45, 2.75) is 26.9 Å². The van der Waals surface area contributed by atoms with Crippen LogP contribution in [0.1, 0.15) is 39.2 Å². The van der Waals surface area contributed by atoms with Gasteiger partial charge in [0.25, 0.3) is 0 Å². The molecule has 4 rings (SSSR count). The molecule has 3 aromatic rings. The van der Waals surface area contributed by atoms with Gasteiger partial charge < -0.3 is 9.26 Å². The molecule has 3 heterocycles. The number of benzene rings is 1. The number of halogens is 1. The lowest BCUT2D eigenvalue weighted by molar-refractivity contribution is -0.0275. The highest BCUT2D eigenvalue weighted by molar-refractivity contribution is 9.10. The minimum Gasteiger partial charge on any atom is -0.371 e. The number of nitrogens with zero attached hydrogens (tertiary/aromatic N) is 3. The molecule has 1 saturated heterocycles. The highest BCUT2D eigenvalue weighted by Crippen LogP contribution is 2.26. The van der Waals surface area contributed by atoms with Crippen molar-refractivity contribution in [2.24, 2.45) is 0 Å². The zero-order valence-corrected chi connectivity index (χ0v) is 18.4. The zero-order valence-electron chi connectivity index (χ0n) is 16.8. The number of rotatable bonds is 5. The van der Waals surface area contributed by atoms with Gasteiger partial charge in [-0.3, -0.25) is 14.3 Å². The fraction of sp³-hybridized carbons (Fsp3) is 0.364. The van der Waals surface area contributed by atoms with Crippen LogP contribution in [0.5, 0.6) is 0 Å². The molecule has 1 atom stereocenters. The molecule has 0 bridgehead atoms. The minimum atomic E-state index is -0.0282. The topological polar surface area (TPSA) is 60.5 Å². The minimum absolute atomic E-state index is 0.0282. The molecule has 0 N–H and O–H groups in total. The van der Waals surface area contributed by atoms with Crippen LogP contribution < -0.4 is 0 Å². The van der Waals surface area contributed by atoms with E-state index in [0.29, 0.717) is 25.5 Å². The van der Waals surface area contributed by atoms with Crippen molar-refractivity contribution in [1.82, 2.24) is 14.6 Å². The molecule has 1 unspecified atom stereocenters. The van der Waals surface area contributed by atoms with Crippen molar-refractivity contribution >= 4 is 21.7 Å². The number of hydrogen-bond donors (Lipinski definition) is 0. The predicted molar refractivity (Wildman–Crippen MR) is 114 cm³/mol. The number of Topliss-reactive ketones (excluding diaryl/α,β-unsaturated/α-hetero) is 1. The Morgan fingerprint density at radius 1 is 1.24 bits per heavy atom. The van der Waals surface area contributed by atoms with Crippen LogP contribution in [-0.2, 0) is 4.74 Å². The Hall–Kier alpha value is -2.22. The van der Waals surface area contributed by atoms with E-state index < -0.39 is 0 Å². The number of aromatic nitrogens is 2. The predicted octanol–water partition coefficient (Wildman–Crippen LogP) is 4.41. The highest BCUT2D eigenvalue weighted by Gasteiger charge is 2.26. The van der Waals surface area contributed by atoms with Crippen LogP contribution in [0.3, 0.4) is 0 Å². The molecule has 1 aromatic carbocycles. The highest BCUT2D eigenvalue weighted by atomic mass is 79.9. The Kier molecular flexibility index (Phi) is 5.72. The van der Waals surface area contributed by atoms with E-state index in [0.717, 1.165) is 39.3 Å². The first kappa shape index (κ1) is 20.1. The van der Waals surface area contributed by atoms with Crippen LogP contribution in [-0.4, -0.2) is 46.6 Å². The summed E-state index contributed by atoms with van der Waals surface area (Å²) in [4.78, 5) is 15.3. The maximum atomic E-state index is 13.1. The van der Waals surface area contributed by atoms with Gasteiger partial charge in [-0.25, -0.2) is 0 Å². The molecule has 1 aliphatic heterocycles. The summed E-state index contributed by atoms with van der Waals surface area (Å²) in [6, 6.07) is 12.0. The molecule has 1 aliphatic rings. The summed E-state index contributed by atoms with van der Waals surface area (Å²) in [7, 11) is 0. The molecular formula is C22H24BrN3O3. The second-order valence-electron chi connectivity index (χ2n) is 7.49. The second kappa shape index (κ2) is 8.26. The first-order valence-corrected chi connectivity index (χ1v) is 10.5. The molecule has 0 amide bonds. The van der Waals surface area contributed by atoms with Crippen LogP contribution in [0.15, 0.2) is 45.4 Å². The van der Waals surface area contributed by atoms with Crippen molar-refractivity contribution < 1.29 is 14.1 Å². The van der Waals surface area contributed by atoms with E-state index >= 15 is 0 Å². The molecule has 1 fully saturated rings. The van der Waals surface area contributed by atoms with Gasteiger partial charge in [-0.2, -0.15) is 0 Å². The van der Waals surface area contributed by atoms with Crippen LogP contribution in [0, 0.1) is 20.8 Å². The molecule has 7 heteroatoms. The summed E-state index contributed by atoms with van der Waals surface area (Å²) in [6.45, 7) is 8.22. The third-order valence-corrected chi connectivity index (χ3v) is 5.81. The quantitative estimate of drug-likeness (QED) is 0.531. The van der Waals surface area contributed by atoms with Crippen LogP contribution >= 0.6 is 15.9 Å². The van der Waals surface area contributed by atoms with E-state index in [2.05, 4.69) is 38.1 Å². The molecule has 152 valence electrons. The molecule has 29 heavy (non-hydrogen) atoms. The van der Waals surface area contributed by atoms with Gasteiger partial charge >= 0.3 is 0 Å². The molecule has 0 spiro atoms. The van der Waals surface area contributed by atoms with Gasteiger partial charge in [-0.1, -0.05) is 33.2 Å². The molecule has 6 nitrogen and oxygen atoms in total. The Bertz CT molecular complexity index is 1040. The van der Waals surface area contributed by atoms with Crippen LogP contribution in [0.4, 0.5) is 0 Å². The first-order chi connectivity index (χ1) is 13.9. The van der Waals surface area contributed by atoms with Crippen molar-refractivity contribution in [3.05, 3.63) is 69.1 Å². The zero-order chi connectivity index (χ0) is 20.5. The summed E-state index contributed by atoms with van der Waals surface area (Å²) in [5.74, 6) is 1.56. The fourth-order valence-electron chi connectivity index (χ4n) is 3.90. The summed E-state index contributed by atoms with van der Waals surface area (Å²) >= 11 is 3.52. The average Bonchev–Trinajstić information content (AvgIpc) is 3.24. The third kappa shape index (κ3) is 4.22. The van der Waals surface area contributed by atoms with Crippen molar-refractivity contribution in [3.63, 3.8) is 0 Å². The molecule has 0 aliphatic carbocycles. The van der Waals surface area contributed by atoms with Crippen molar-refractivity contribution in [3.8, 4) is 5.82 Å². The first-order valence-electron chi connectivity index (χ1n) is 9.67. The Labute approximate surface area is 178 Å². The fourth-order valence-corrected chi connectivity index (χ4v) is 4.32. The number of carbonyl (C=O) groups excluding carboxylic acids is 1. The summed E-state index contributed by atoms with van der Waals surface area (Å²) < 4.78 is 14.1. The van der Waals surface area contributed by atoms with Gasteiger partial charge in [-0.05, 0) is 44.5 Å². The maximum absolute atomic E-state index is 13.1. The van der Waals surface area contributed by atoms with Gasteiger partial charge in [0.2, 0.25) is 0 Å². The normalized spacial score (nSPS) is 17.6. The summed E-state index contributed by atoms with van der Waals surface area (Å²) in [5.41, 5.74) is 3.70. The number of hydrogen-bond acceptors (Lipinski definition) is 5. The monoisotopic (exact) mass is 457 g/mol. The van der Waals surface area contributed by atoms with Gasteiger partial charge in [-0.15, -0.1) is 0 Å². The van der Waals surface area contributed by atoms with Gasteiger partial charge in [0.1, 0.15) is 5.76 Å². The van der Waals surface area contributed by atoms with Crippen molar-refractivity contribution in [1.29, 1.82) is 0 Å². The van der Waals surface area contributed by atoms with Gasteiger partial charge in [0.15, 0.2) is 11.6 Å². The Morgan fingerprint density at radius 2 is 2.07 bits per heavy atom. The van der Waals surface area contributed by atoms with Crippen molar-refractivity contribution in [2.75, 3.05) is 26.2 Å². The van der Waals surface area contributed by atoms with E-state index in [4.69, 9.17) is 9.26 Å². The van der Waals surface area contributed by atoms with Crippen LogP contribution in [0.25, 0.3) is 5.82 Å².